The zero-order chi connectivity index (χ0) is 23.5. The van der Waals surface area contributed by atoms with E-state index in [1.54, 1.807) is 54.6 Å². The molecule has 1 aliphatic heterocycles. The summed E-state index contributed by atoms with van der Waals surface area (Å²) in [6, 6.07) is 17.9. The Hall–Kier alpha value is -3.88. The normalized spacial score (nSPS) is 14.5. The van der Waals surface area contributed by atoms with Crippen LogP contribution in [-0.2, 0) is 16.2 Å². The van der Waals surface area contributed by atoms with Gasteiger partial charge in [-0.25, -0.2) is 5.01 Å². The van der Waals surface area contributed by atoms with Crippen molar-refractivity contribution in [1.82, 2.24) is 5.43 Å². The van der Waals surface area contributed by atoms with Gasteiger partial charge in [-0.3, -0.25) is 25.1 Å². The van der Waals surface area contributed by atoms with Crippen LogP contribution in [0.4, 0.5) is 11.4 Å². The SMILES string of the molecule is O=C1NN(c2ccccc2)C(=O)C1=Cc1cc(Cl)c(OCc2ccc(Cl)cc2)c([N+](=O)[O-])c1. The average Bonchev–Trinajstić information content (AvgIpc) is 3.08. The number of nitro groups is 1. The molecule has 3 aromatic rings. The Morgan fingerprint density at radius 2 is 1.73 bits per heavy atom. The molecule has 0 aliphatic carbocycles. The van der Waals surface area contributed by atoms with Crippen LogP contribution >= 0.6 is 23.2 Å². The van der Waals surface area contributed by atoms with E-state index in [4.69, 9.17) is 27.9 Å². The van der Waals surface area contributed by atoms with Crippen LogP contribution in [0.15, 0.2) is 72.3 Å². The fourth-order valence-electron chi connectivity index (χ4n) is 3.18. The third-order valence-electron chi connectivity index (χ3n) is 4.76. The molecule has 1 saturated heterocycles. The maximum atomic E-state index is 12.7. The second-order valence-electron chi connectivity index (χ2n) is 7.00. The van der Waals surface area contributed by atoms with E-state index in [2.05, 4.69) is 5.43 Å². The van der Waals surface area contributed by atoms with E-state index >= 15 is 0 Å². The van der Waals surface area contributed by atoms with Crippen LogP contribution in [0.5, 0.6) is 5.75 Å². The van der Waals surface area contributed by atoms with Gasteiger partial charge in [-0.1, -0.05) is 53.5 Å². The highest BCUT2D eigenvalue weighted by molar-refractivity contribution is 6.33. The van der Waals surface area contributed by atoms with Crippen LogP contribution in [0.2, 0.25) is 10.0 Å². The van der Waals surface area contributed by atoms with E-state index in [-0.39, 0.29) is 28.5 Å². The van der Waals surface area contributed by atoms with Crippen LogP contribution in [0.25, 0.3) is 6.08 Å². The van der Waals surface area contributed by atoms with Crippen molar-refractivity contribution in [3.05, 3.63) is 104 Å². The molecule has 1 N–H and O–H groups in total. The molecule has 166 valence electrons. The lowest BCUT2D eigenvalue weighted by Gasteiger charge is -2.13. The summed E-state index contributed by atoms with van der Waals surface area (Å²) in [5, 5.41) is 13.3. The molecule has 1 heterocycles. The van der Waals surface area contributed by atoms with Crippen LogP contribution < -0.4 is 15.2 Å². The van der Waals surface area contributed by atoms with Crippen molar-refractivity contribution in [2.45, 2.75) is 6.61 Å². The molecule has 8 nitrogen and oxygen atoms in total. The van der Waals surface area contributed by atoms with Crippen molar-refractivity contribution in [3.63, 3.8) is 0 Å². The number of benzene rings is 3. The predicted octanol–water partition coefficient (Wildman–Crippen LogP) is 4.94. The molecule has 2 amide bonds. The second kappa shape index (κ2) is 9.32. The summed E-state index contributed by atoms with van der Waals surface area (Å²) in [6.07, 6.45) is 1.25. The summed E-state index contributed by atoms with van der Waals surface area (Å²) in [5.41, 5.74) is 3.32. The van der Waals surface area contributed by atoms with E-state index in [1.165, 1.54) is 18.2 Å². The first kappa shape index (κ1) is 22.3. The molecule has 1 aliphatic rings. The smallest absolute Gasteiger partial charge is 0.313 e. The molecule has 0 spiro atoms. The van der Waals surface area contributed by atoms with Crippen molar-refractivity contribution >= 4 is 52.5 Å². The molecule has 4 rings (SSSR count). The van der Waals surface area contributed by atoms with Crippen molar-refractivity contribution in [3.8, 4) is 5.75 Å². The number of nitro benzene ring substituents is 1. The number of rotatable bonds is 6. The fraction of sp³-hybridized carbons (Fsp3) is 0.0435. The first-order valence-electron chi connectivity index (χ1n) is 9.61. The Labute approximate surface area is 198 Å². The number of amides is 2. The summed E-state index contributed by atoms with van der Waals surface area (Å²) in [5.74, 6) is -1.34. The van der Waals surface area contributed by atoms with Gasteiger partial charge in [0.1, 0.15) is 12.2 Å². The lowest BCUT2D eigenvalue weighted by molar-refractivity contribution is -0.385. The van der Waals surface area contributed by atoms with E-state index in [0.717, 1.165) is 10.6 Å². The molecule has 10 heteroatoms. The monoisotopic (exact) mass is 483 g/mol. The van der Waals surface area contributed by atoms with Crippen LogP contribution in [-0.4, -0.2) is 16.7 Å². The number of nitrogens with zero attached hydrogens (tertiary/aromatic N) is 2. The van der Waals surface area contributed by atoms with Gasteiger partial charge in [-0.2, -0.15) is 0 Å². The number of halogens is 2. The third kappa shape index (κ3) is 4.82. The molecule has 3 aromatic carbocycles. The maximum Gasteiger partial charge on any atom is 0.313 e. The van der Waals surface area contributed by atoms with E-state index in [9.17, 15) is 19.7 Å². The highest BCUT2D eigenvalue weighted by Gasteiger charge is 2.34. The minimum Gasteiger partial charge on any atom is -0.481 e. The second-order valence-corrected chi connectivity index (χ2v) is 7.84. The Kier molecular flexibility index (Phi) is 6.30. The quantitative estimate of drug-likeness (QED) is 0.231. The molecular formula is C23H15Cl2N3O5. The molecule has 0 bridgehead atoms. The van der Waals surface area contributed by atoms with Crippen molar-refractivity contribution in [1.29, 1.82) is 0 Å². The number of carbonyl (C=O) groups excluding carboxylic acids is 2. The molecule has 1 fully saturated rings. The topological polar surface area (TPSA) is 102 Å². The summed E-state index contributed by atoms with van der Waals surface area (Å²) < 4.78 is 5.61. The van der Waals surface area contributed by atoms with E-state index in [1.807, 2.05) is 0 Å². The van der Waals surface area contributed by atoms with Crippen molar-refractivity contribution < 1.29 is 19.2 Å². The summed E-state index contributed by atoms with van der Waals surface area (Å²) in [6.45, 7) is 0.0328. The predicted molar refractivity (Wildman–Crippen MR) is 124 cm³/mol. The average molecular weight is 484 g/mol. The lowest BCUT2D eigenvalue weighted by Crippen LogP contribution is -2.35. The third-order valence-corrected chi connectivity index (χ3v) is 5.29. The van der Waals surface area contributed by atoms with Crippen LogP contribution in [0.3, 0.4) is 0 Å². The lowest BCUT2D eigenvalue weighted by atomic mass is 10.1. The molecule has 33 heavy (non-hydrogen) atoms. The number of ether oxygens (including phenoxy) is 1. The minimum atomic E-state index is -0.641. The summed E-state index contributed by atoms with van der Waals surface area (Å²) in [7, 11) is 0. The summed E-state index contributed by atoms with van der Waals surface area (Å²) in [4.78, 5) is 36.2. The first-order chi connectivity index (χ1) is 15.8. The first-order valence-corrected chi connectivity index (χ1v) is 10.4. The van der Waals surface area contributed by atoms with E-state index in [0.29, 0.717) is 10.7 Å². The molecule has 0 atom stereocenters. The van der Waals surface area contributed by atoms with Gasteiger partial charge in [0, 0.05) is 11.1 Å². The molecule has 0 unspecified atom stereocenters. The standard InChI is InChI=1S/C23H15Cl2N3O5/c24-16-8-6-14(7-9-16)13-33-21-19(25)11-15(12-20(21)28(31)32)10-18-22(29)26-27(23(18)30)17-4-2-1-3-5-17/h1-12H,13H2,(H,26,29). The number of para-hydroxylation sites is 1. The zero-order valence-corrected chi connectivity index (χ0v) is 18.3. The number of nitrogens with one attached hydrogen (secondary N) is 1. The highest BCUT2D eigenvalue weighted by atomic mass is 35.5. The van der Waals surface area contributed by atoms with Gasteiger partial charge >= 0.3 is 5.69 Å². The van der Waals surface area contributed by atoms with Gasteiger partial charge in [-0.05, 0) is 47.5 Å². The van der Waals surface area contributed by atoms with E-state index < -0.39 is 22.4 Å². The van der Waals surface area contributed by atoms with Gasteiger partial charge in [0.25, 0.3) is 11.8 Å². The van der Waals surface area contributed by atoms with Crippen molar-refractivity contribution in [2.75, 3.05) is 5.01 Å². The number of hydrazine groups is 1. The Bertz CT molecular complexity index is 1280. The molecule has 0 aromatic heterocycles. The Morgan fingerprint density at radius 3 is 2.39 bits per heavy atom. The number of anilines is 1. The molecule has 0 saturated carbocycles. The molecule has 0 radical (unpaired) electrons. The number of carbonyl (C=O) groups is 2. The van der Waals surface area contributed by atoms with Crippen molar-refractivity contribution in [2.24, 2.45) is 0 Å². The van der Waals surface area contributed by atoms with Gasteiger partial charge < -0.3 is 4.74 Å². The van der Waals surface area contributed by atoms with Gasteiger partial charge in [0.15, 0.2) is 0 Å². The van der Waals surface area contributed by atoms with Gasteiger partial charge in [-0.15, -0.1) is 0 Å². The number of hydrogen-bond donors (Lipinski definition) is 1. The summed E-state index contributed by atoms with van der Waals surface area (Å²) >= 11 is 12.1. The largest absolute Gasteiger partial charge is 0.481 e. The highest BCUT2D eigenvalue weighted by Crippen LogP contribution is 2.37. The molecular weight excluding hydrogens is 469 g/mol. The number of hydrogen-bond acceptors (Lipinski definition) is 5. The van der Waals surface area contributed by atoms with Crippen LogP contribution in [0, 0.1) is 10.1 Å². The Balaban J connectivity index is 1.63. The van der Waals surface area contributed by atoms with Crippen LogP contribution in [0.1, 0.15) is 11.1 Å². The Morgan fingerprint density at radius 1 is 1.03 bits per heavy atom. The fourth-order valence-corrected chi connectivity index (χ4v) is 3.58. The minimum absolute atomic E-state index is 0.0317. The van der Waals surface area contributed by atoms with Gasteiger partial charge in [0.05, 0.1) is 15.6 Å². The van der Waals surface area contributed by atoms with Gasteiger partial charge in [0.2, 0.25) is 5.75 Å². The zero-order valence-electron chi connectivity index (χ0n) is 16.8. The maximum absolute atomic E-state index is 12.7.